The largest absolute Gasteiger partial charge is 0.489 e. The van der Waals surface area contributed by atoms with Crippen LogP contribution >= 0.6 is 0 Å². The van der Waals surface area contributed by atoms with Crippen molar-refractivity contribution < 1.29 is 26.3 Å². The summed E-state index contributed by atoms with van der Waals surface area (Å²) in [5.74, 6) is 0.0424. The summed E-state index contributed by atoms with van der Waals surface area (Å²) in [6, 6.07) is 8.34. The molecule has 0 amide bonds. The molecular formula is C25H23F3N4O3S. The Balaban J connectivity index is 1.53. The topological polar surface area (TPSA) is 84.4 Å². The van der Waals surface area contributed by atoms with Gasteiger partial charge in [0.15, 0.2) is 9.84 Å². The fourth-order valence-electron chi connectivity index (χ4n) is 4.40. The normalized spacial score (nSPS) is 16.2. The summed E-state index contributed by atoms with van der Waals surface area (Å²) in [4.78, 5) is 9.90. The Kier molecular flexibility index (Phi) is 6.44. The second kappa shape index (κ2) is 9.55. The van der Waals surface area contributed by atoms with Gasteiger partial charge in [-0.25, -0.2) is 8.42 Å². The minimum Gasteiger partial charge on any atom is -0.489 e. The molecule has 3 heterocycles. The van der Waals surface area contributed by atoms with Gasteiger partial charge >= 0.3 is 6.18 Å². The number of fused-ring (bicyclic) bond motifs is 1. The average molecular weight is 517 g/mol. The number of rotatable bonds is 5. The number of benzene rings is 2. The van der Waals surface area contributed by atoms with E-state index in [1.165, 1.54) is 42.9 Å². The maximum absolute atomic E-state index is 13.5. The molecule has 2 aliphatic rings. The number of alkyl halides is 3. The first-order valence-electron chi connectivity index (χ1n) is 11.4. The second-order valence-corrected chi connectivity index (χ2v) is 10.5. The summed E-state index contributed by atoms with van der Waals surface area (Å²) in [7, 11) is -3.72. The van der Waals surface area contributed by atoms with Crippen molar-refractivity contribution in [2.45, 2.75) is 23.2 Å². The van der Waals surface area contributed by atoms with Gasteiger partial charge in [-0.3, -0.25) is 9.97 Å². The van der Waals surface area contributed by atoms with Crippen molar-refractivity contribution in [2.75, 3.05) is 31.1 Å². The zero-order chi connectivity index (χ0) is 25.3. The zero-order valence-electron chi connectivity index (χ0n) is 19.1. The van der Waals surface area contributed by atoms with Crippen molar-refractivity contribution in [3.63, 3.8) is 0 Å². The lowest BCUT2D eigenvalue weighted by Gasteiger charge is -2.34. The van der Waals surface area contributed by atoms with E-state index in [9.17, 15) is 21.6 Å². The van der Waals surface area contributed by atoms with Gasteiger partial charge in [-0.1, -0.05) is 6.08 Å². The number of halogens is 3. The summed E-state index contributed by atoms with van der Waals surface area (Å²) < 4.78 is 72.3. The molecule has 5 rings (SSSR count). The van der Waals surface area contributed by atoms with E-state index in [1.807, 2.05) is 11.0 Å². The molecule has 0 saturated carbocycles. The second-order valence-electron chi connectivity index (χ2n) is 8.50. The molecule has 1 aromatic heterocycles. The Morgan fingerprint density at radius 1 is 1.08 bits per heavy atom. The smallest absolute Gasteiger partial charge is 0.416 e. The maximum Gasteiger partial charge on any atom is 0.416 e. The van der Waals surface area contributed by atoms with Crippen LogP contribution in [-0.4, -0.2) is 44.6 Å². The van der Waals surface area contributed by atoms with Gasteiger partial charge in [-0.2, -0.15) is 13.2 Å². The Bertz CT molecular complexity index is 1410. The number of aromatic nitrogens is 2. The van der Waals surface area contributed by atoms with Crippen molar-refractivity contribution >= 4 is 26.8 Å². The molecule has 0 radical (unpaired) electrons. The van der Waals surface area contributed by atoms with Crippen molar-refractivity contribution in [1.29, 1.82) is 0 Å². The third-order valence-electron chi connectivity index (χ3n) is 6.13. The number of hydrogen-bond donors (Lipinski definition) is 1. The molecule has 188 valence electrons. The van der Waals surface area contributed by atoms with Crippen LogP contribution < -0.4 is 15.0 Å². The standard InChI is InChI=1S/C25H23F3N4O3S/c26-25(27,28)18-1-3-22(21(13-18)17-5-7-29-8-6-17)32-11-12-35-24-14-20(2-4-23(24)32)36(33,34)16-19-15-30-9-10-31-19/h1-5,9-10,13-15,29H,6-8,11-12,16H2. The molecule has 0 atom stereocenters. The molecule has 0 fully saturated rings. The molecule has 2 aromatic carbocycles. The van der Waals surface area contributed by atoms with E-state index in [4.69, 9.17) is 4.74 Å². The summed E-state index contributed by atoms with van der Waals surface area (Å²) >= 11 is 0. The first kappa shape index (κ1) is 24.3. The number of nitrogens with zero attached hydrogens (tertiary/aromatic N) is 3. The molecule has 3 aromatic rings. The third-order valence-corrected chi connectivity index (χ3v) is 7.78. The highest BCUT2D eigenvalue weighted by Gasteiger charge is 2.33. The van der Waals surface area contributed by atoms with Gasteiger partial charge in [0.05, 0.1) is 34.1 Å². The summed E-state index contributed by atoms with van der Waals surface area (Å²) in [5.41, 5.74) is 2.18. The summed E-state index contributed by atoms with van der Waals surface area (Å²) in [5, 5.41) is 3.18. The minimum absolute atomic E-state index is 0.0717. The Morgan fingerprint density at radius 2 is 1.92 bits per heavy atom. The number of anilines is 2. The van der Waals surface area contributed by atoms with Crippen molar-refractivity contribution in [2.24, 2.45) is 0 Å². The van der Waals surface area contributed by atoms with Crippen LogP contribution in [0.5, 0.6) is 5.75 Å². The fourth-order valence-corrected chi connectivity index (χ4v) is 5.67. The fraction of sp³-hybridized carbons (Fsp3) is 0.280. The zero-order valence-corrected chi connectivity index (χ0v) is 19.9. The number of nitrogens with one attached hydrogen (secondary N) is 1. The lowest BCUT2D eigenvalue weighted by molar-refractivity contribution is -0.137. The highest BCUT2D eigenvalue weighted by atomic mass is 32.2. The van der Waals surface area contributed by atoms with E-state index >= 15 is 0 Å². The molecular weight excluding hydrogens is 493 g/mol. The lowest BCUT2D eigenvalue weighted by atomic mass is 9.95. The van der Waals surface area contributed by atoms with E-state index in [1.54, 1.807) is 6.07 Å². The molecule has 2 aliphatic heterocycles. The number of sulfone groups is 1. The van der Waals surface area contributed by atoms with E-state index < -0.39 is 21.6 Å². The molecule has 0 saturated heterocycles. The maximum atomic E-state index is 13.5. The lowest BCUT2D eigenvalue weighted by Crippen LogP contribution is -2.30. The Labute approximate surface area is 206 Å². The van der Waals surface area contributed by atoms with Gasteiger partial charge in [0.25, 0.3) is 0 Å². The van der Waals surface area contributed by atoms with Crippen LogP contribution in [0.25, 0.3) is 5.57 Å². The van der Waals surface area contributed by atoms with Crippen molar-refractivity contribution in [3.8, 4) is 5.75 Å². The SMILES string of the molecule is O=S(=O)(Cc1cnccn1)c1ccc2c(c1)OCCN2c1ccc(C(F)(F)F)cc1C1=CCNCC1. The van der Waals surface area contributed by atoms with Crippen LogP contribution in [0, 0.1) is 0 Å². The molecule has 11 heteroatoms. The van der Waals surface area contributed by atoms with Crippen LogP contribution in [0.2, 0.25) is 0 Å². The minimum atomic E-state index is -4.46. The molecule has 0 aliphatic carbocycles. The Hall–Kier alpha value is -3.44. The molecule has 7 nitrogen and oxygen atoms in total. The summed E-state index contributed by atoms with van der Waals surface area (Å²) in [6.07, 6.45) is 2.34. The van der Waals surface area contributed by atoms with Crippen LogP contribution in [0.4, 0.5) is 24.5 Å². The van der Waals surface area contributed by atoms with Crippen LogP contribution in [0.1, 0.15) is 23.2 Å². The van der Waals surface area contributed by atoms with Crippen molar-refractivity contribution in [1.82, 2.24) is 15.3 Å². The monoisotopic (exact) mass is 516 g/mol. The summed E-state index contributed by atoms with van der Waals surface area (Å²) in [6.45, 7) is 1.91. The first-order valence-corrected chi connectivity index (χ1v) is 13.0. The van der Waals surface area contributed by atoms with Gasteiger partial charge in [0, 0.05) is 42.5 Å². The third kappa shape index (κ3) is 4.93. The number of hydrogen-bond acceptors (Lipinski definition) is 7. The van der Waals surface area contributed by atoms with E-state index in [0.717, 1.165) is 11.6 Å². The molecule has 0 spiro atoms. The van der Waals surface area contributed by atoms with Crippen LogP contribution in [0.3, 0.4) is 0 Å². The van der Waals surface area contributed by atoms with Gasteiger partial charge in [-0.05, 0) is 48.9 Å². The highest BCUT2D eigenvalue weighted by Crippen LogP contribution is 2.43. The van der Waals surface area contributed by atoms with Crippen molar-refractivity contribution in [3.05, 3.63) is 77.9 Å². The Morgan fingerprint density at radius 3 is 2.64 bits per heavy atom. The van der Waals surface area contributed by atoms with Crippen LogP contribution in [0.15, 0.2) is 66.0 Å². The molecule has 0 unspecified atom stereocenters. The average Bonchev–Trinajstić information content (AvgIpc) is 2.88. The molecule has 36 heavy (non-hydrogen) atoms. The first-order chi connectivity index (χ1) is 17.2. The van der Waals surface area contributed by atoms with E-state index in [0.29, 0.717) is 54.4 Å². The van der Waals surface area contributed by atoms with E-state index in [-0.39, 0.29) is 17.3 Å². The van der Waals surface area contributed by atoms with Crippen LogP contribution in [-0.2, 0) is 21.8 Å². The van der Waals surface area contributed by atoms with Gasteiger partial charge in [-0.15, -0.1) is 0 Å². The predicted molar refractivity (Wildman–Crippen MR) is 129 cm³/mol. The quantitative estimate of drug-likeness (QED) is 0.539. The predicted octanol–water partition coefficient (Wildman–Crippen LogP) is 4.38. The molecule has 0 bridgehead atoms. The number of ether oxygens (including phenoxy) is 1. The van der Waals surface area contributed by atoms with Gasteiger partial charge < -0.3 is 15.0 Å². The van der Waals surface area contributed by atoms with Gasteiger partial charge in [0.1, 0.15) is 12.4 Å². The van der Waals surface area contributed by atoms with Gasteiger partial charge in [0.2, 0.25) is 0 Å². The molecule has 1 N–H and O–H groups in total. The van der Waals surface area contributed by atoms with E-state index in [2.05, 4.69) is 15.3 Å². The highest BCUT2D eigenvalue weighted by molar-refractivity contribution is 7.90.